The second-order valence-electron chi connectivity index (χ2n) is 5.86. The molecule has 2 aromatic heterocycles. The Kier molecular flexibility index (Phi) is 4.79. The number of benzene rings is 1. The summed E-state index contributed by atoms with van der Waals surface area (Å²) in [5.74, 6) is -0.0978. The number of nitrogens with two attached hydrogens (primary N) is 1. The number of hydrogen-bond acceptors (Lipinski definition) is 3. The second kappa shape index (κ2) is 6.98. The van der Waals surface area contributed by atoms with Gasteiger partial charge >= 0.3 is 0 Å². The Labute approximate surface area is 139 Å². The number of hydrogen-bond donors (Lipinski definition) is 3. The number of H-pyrrole nitrogens is 1. The fourth-order valence-electron chi connectivity index (χ4n) is 2.76. The van der Waals surface area contributed by atoms with E-state index in [4.69, 9.17) is 5.73 Å². The molecule has 0 fully saturated rings. The monoisotopic (exact) mass is 327 g/mol. The molecule has 3 rings (SSSR count). The van der Waals surface area contributed by atoms with Crippen LogP contribution in [0.15, 0.2) is 48.0 Å². The normalized spacial score (nSPS) is 13.8. The average Bonchev–Trinajstić information content (AvgIpc) is 3.17. The van der Waals surface area contributed by atoms with E-state index in [1.165, 1.54) is 4.88 Å². The molecule has 4 N–H and O–H groups in total. The number of amides is 1. The summed E-state index contributed by atoms with van der Waals surface area (Å²) in [6, 6.07) is 11.7. The molecule has 0 aliphatic heterocycles. The highest BCUT2D eigenvalue weighted by Gasteiger charge is 2.18. The summed E-state index contributed by atoms with van der Waals surface area (Å²) in [5, 5.41) is 6.19. The first-order valence-electron chi connectivity index (χ1n) is 7.77. The highest BCUT2D eigenvalue weighted by atomic mass is 32.1. The van der Waals surface area contributed by atoms with Gasteiger partial charge in [-0.2, -0.15) is 0 Å². The van der Waals surface area contributed by atoms with Crippen LogP contribution < -0.4 is 11.1 Å². The van der Waals surface area contributed by atoms with Gasteiger partial charge in [0.15, 0.2) is 0 Å². The van der Waals surface area contributed by atoms with Gasteiger partial charge in [0.05, 0.1) is 6.04 Å². The molecular weight excluding hydrogens is 306 g/mol. The molecule has 23 heavy (non-hydrogen) atoms. The quantitative estimate of drug-likeness (QED) is 0.651. The Hall–Kier alpha value is -2.11. The van der Waals surface area contributed by atoms with Crippen LogP contribution in [0.3, 0.4) is 0 Å². The Morgan fingerprint density at radius 3 is 2.87 bits per heavy atom. The second-order valence-corrected chi connectivity index (χ2v) is 6.90. The molecule has 1 aromatic carbocycles. The summed E-state index contributed by atoms with van der Waals surface area (Å²) in [6.07, 6.45) is 3.30. The zero-order valence-corrected chi connectivity index (χ0v) is 13.9. The molecule has 0 bridgehead atoms. The van der Waals surface area contributed by atoms with Crippen molar-refractivity contribution in [3.63, 3.8) is 0 Å². The first-order chi connectivity index (χ1) is 11.1. The lowest BCUT2D eigenvalue weighted by molar-refractivity contribution is -0.122. The van der Waals surface area contributed by atoms with Gasteiger partial charge in [0, 0.05) is 34.4 Å². The van der Waals surface area contributed by atoms with Crippen molar-refractivity contribution in [1.29, 1.82) is 0 Å². The zero-order chi connectivity index (χ0) is 16.2. The number of thiophene rings is 1. The number of rotatable bonds is 6. The van der Waals surface area contributed by atoms with Crippen molar-refractivity contribution in [3.8, 4) is 0 Å². The van der Waals surface area contributed by atoms with Crippen LogP contribution in [0.1, 0.15) is 17.4 Å². The third kappa shape index (κ3) is 3.81. The van der Waals surface area contributed by atoms with Crippen molar-refractivity contribution in [2.24, 2.45) is 5.73 Å². The lowest BCUT2D eigenvalue weighted by Crippen LogP contribution is -2.46. The SMILES string of the molecule is CC(Cc1cccs1)NC(=O)[C@@H](N)Cc1c[nH]c2ccccc12. The van der Waals surface area contributed by atoms with Crippen molar-refractivity contribution >= 4 is 28.1 Å². The van der Waals surface area contributed by atoms with Crippen LogP contribution in [0.2, 0.25) is 0 Å². The molecule has 120 valence electrons. The van der Waals surface area contributed by atoms with E-state index in [2.05, 4.69) is 16.4 Å². The van der Waals surface area contributed by atoms with Gasteiger partial charge in [-0.05, 0) is 36.4 Å². The van der Waals surface area contributed by atoms with E-state index in [9.17, 15) is 4.79 Å². The summed E-state index contributed by atoms with van der Waals surface area (Å²) in [5.41, 5.74) is 8.25. The van der Waals surface area contributed by atoms with Crippen LogP contribution in [0.25, 0.3) is 10.9 Å². The van der Waals surface area contributed by atoms with Gasteiger partial charge in [-0.25, -0.2) is 0 Å². The molecule has 0 aliphatic rings. The van der Waals surface area contributed by atoms with Gasteiger partial charge in [0.25, 0.3) is 0 Å². The molecule has 2 heterocycles. The maximum atomic E-state index is 12.3. The average molecular weight is 327 g/mol. The van der Waals surface area contributed by atoms with E-state index in [1.54, 1.807) is 11.3 Å². The van der Waals surface area contributed by atoms with Crippen molar-refractivity contribution in [3.05, 3.63) is 58.4 Å². The number of fused-ring (bicyclic) bond motifs is 1. The summed E-state index contributed by atoms with van der Waals surface area (Å²) in [4.78, 5) is 16.8. The summed E-state index contributed by atoms with van der Waals surface area (Å²) in [7, 11) is 0. The lowest BCUT2D eigenvalue weighted by Gasteiger charge is -2.17. The van der Waals surface area contributed by atoms with Crippen molar-refractivity contribution in [2.45, 2.75) is 31.8 Å². The Morgan fingerprint density at radius 1 is 1.26 bits per heavy atom. The van der Waals surface area contributed by atoms with E-state index in [0.717, 1.165) is 22.9 Å². The minimum absolute atomic E-state index is 0.0789. The first kappa shape index (κ1) is 15.8. The molecule has 0 saturated carbocycles. The highest BCUT2D eigenvalue weighted by molar-refractivity contribution is 7.09. The van der Waals surface area contributed by atoms with Crippen LogP contribution in [-0.4, -0.2) is 23.0 Å². The van der Waals surface area contributed by atoms with Gasteiger partial charge in [-0.15, -0.1) is 11.3 Å². The van der Waals surface area contributed by atoms with Gasteiger partial charge in [-0.1, -0.05) is 24.3 Å². The standard InChI is InChI=1S/C18H21N3OS/c1-12(9-14-5-4-8-23-14)21-18(22)16(19)10-13-11-20-17-7-3-2-6-15(13)17/h2-8,11-12,16,20H,9-10,19H2,1H3,(H,21,22)/t12?,16-/m0/s1. The van der Waals surface area contributed by atoms with Crippen molar-refractivity contribution < 1.29 is 4.79 Å². The zero-order valence-electron chi connectivity index (χ0n) is 13.1. The van der Waals surface area contributed by atoms with E-state index in [-0.39, 0.29) is 11.9 Å². The van der Waals surface area contributed by atoms with E-state index >= 15 is 0 Å². The molecular formula is C18H21N3OS. The highest BCUT2D eigenvalue weighted by Crippen LogP contribution is 2.19. The number of nitrogens with one attached hydrogen (secondary N) is 2. The van der Waals surface area contributed by atoms with Gasteiger partial charge < -0.3 is 16.0 Å². The Morgan fingerprint density at radius 2 is 2.09 bits per heavy atom. The smallest absolute Gasteiger partial charge is 0.237 e. The van der Waals surface area contributed by atoms with Gasteiger partial charge in [-0.3, -0.25) is 4.79 Å². The minimum Gasteiger partial charge on any atom is -0.361 e. The maximum absolute atomic E-state index is 12.3. The molecule has 0 radical (unpaired) electrons. The van der Waals surface area contributed by atoms with Crippen LogP contribution in [0.4, 0.5) is 0 Å². The molecule has 5 heteroatoms. The van der Waals surface area contributed by atoms with Gasteiger partial charge in [0.1, 0.15) is 0 Å². The van der Waals surface area contributed by atoms with E-state index in [0.29, 0.717) is 6.42 Å². The van der Waals surface area contributed by atoms with Crippen molar-refractivity contribution in [1.82, 2.24) is 10.3 Å². The topological polar surface area (TPSA) is 70.9 Å². The molecule has 0 saturated heterocycles. The number of aromatic nitrogens is 1. The van der Waals surface area contributed by atoms with E-state index in [1.807, 2.05) is 48.8 Å². The minimum atomic E-state index is -0.542. The van der Waals surface area contributed by atoms with Gasteiger partial charge in [0.2, 0.25) is 5.91 Å². The molecule has 0 aliphatic carbocycles. The van der Waals surface area contributed by atoms with Crippen LogP contribution in [-0.2, 0) is 17.6 Å². The number of para-hydroxylation sites is 1. The fourth-order valence-corrected chi connectivity index (χ4v) is 3.60. The molecule has 1 amide bonds. The summed E-state index contributed by atoms with van der Waals surface area (Å²) >= 11 is 1.71. The summed E-state index contributed by atoms with van der Waals surface area (Å²) in [6.45, 7) is 2.01. The number of carbonyl (C=O) groups is 1. The fraction of sp³-hybridized carbons (Fsp3) is 0.278. The third-order valence-corrected chi connectivity index (χ3v) is 4.83. The lowest BCUT2D eigenvalue weighted by atomic mass is 10.0. The van der Waals surface area contributed by atoms with Crippen LogP contribution in [0, 0.1) is 0 Å². The Bertz CT molecular complexity index is 779. The molecule has 0 spiro atoms. The predicted molar refractivity (Wildman–Crippen MR) is 95.6 cm³/mol. The predicted octanol–water partition coefficient (Wildman–Crippen LogP) is 2.85. The molecule has 4 nitrogen and oxygen atoms in total. The van der Waals surface area contributed by atoms with E-state index < -0.39 is 6.04 Å². The first-order valence-corrected chi connectivity index (χ1v) is 8.65. The Balaban J connectivity index is 1.59. The number of carbonyl (C=O) groups excluding carboxylic acids is 1. The molecule has 1 unspecified atom stereocenters. The van der Waals surface area contributed by atoms with Crippen LogP contribution in [0.5, 0.6) is 0 Å². The molecule has 3 aromatic rings. The largest absolute Gasteiger partial charge is 0.361 e. The summed E-state index contributed by atoms with van der Waals surface area (Å²) < 4.78 is 0. The third-order valence-electron chi connectivity index (χ3n) is 3.93. The molecule has 2 atom stereocenters. The van der Waals surface area contributed by atoms with Crippen LogP contribution >= 0.6 is 11.3 Å². The number of aromatic amines is 1. The maximum Gasteiger partial charge on any atom is 0.237 e. The van der Waals surface area contributed by atoms with Crippen molar-refractivity contribution in [2.75, 3.05) is 0 Å².